The molecular weight excluding hydrogens is 394 g/mol. The van der Waals surface area contributed by atoms with Gasteiger partial charge in [-0.3, -0.25) is 4.99 Å². The van der Waals surface area contributed by atoms with Crippen molar-refractivity contribution in [1.82, 2.24) is 4.68 Å². The van der Waals surface area contributed by atoms with Crippen LogP contribution >= 0.6 is 27.3 Å². The SMILES string of the molecule is CN=c1scc(-c2cc(C)c(C)cc2C)n1N=Cc1ccccc1Br. The third-order valence-electron chi connectivity index (χ3n) is 4.21. The molecule has 0 atom stereocenters. The van der Waals surface area contributed by atoms with Gasteiger partial charge in [-0.1, -0.05) is 40.2 Å². The van der Waals surface area contributed by atoms with Crippen LogP contribution in [0, 0.1) is 20.8 Å². The van der Waals surface area contributed by atoms with Crippen LogP contribution in [0.5, 0.6) is 0 Å². The minimum Gasteiger partial charge on any atom is -0.261 e. The minimum atomic E-state index is 0.871. The molecule has 0 aliphatic heterocycles. The van der Waals surface area contributed by atoms with E-state index < -0.39 is 0 Å². The maximum atomic E-state index is 4.72. The molecular formula is C20H20BrN3S. The second-order valence-corrected chi connectivity index (χ2v) is 7.65. The quantitative estimate of drug-likeness (QED) is 0.520. The molecule has 0 aliphatic carbocycles. The van der Waals surface area contributed by atoms with Gasteiger partial charge >= 0.3 is 0 Å². The molecule has 0 fully saturated rings. The molecule has 25 heavy (non-hydrogen) atoms. The maximum Gasteiger partial charge on any atom is 0.205 e. The molecule has 0 amide bonds. The van der Waals surface area contributed by atoms with E-state index in [2.05, 4.69) is 59.2 Å². The molecule has 0 saturated carbocycles. The van der Waals surface area contributed by atoms with Crippen molar-refractivity contribution in [2.75, 3.05) is 7.05 Å². The zero-order valence-corrected chi connectivity index (χ0v) is 17.1. The lowest BCUT2D eigenvalue weighted by Crippen LogP contribution is -2.12. The number of hydrogen-bond donors (Lipinski definition) is 0. The summed E-state index contributed by atoms with van der Waals surface area (Å²) < 4.78 is 2.94. The van der Waals surface area contributed by atoms with Gasteiger partial charge in [0.05, 0.1) is 11.9 Å². The monoisotopic (exact) mass is 413 g/mol. The van der Waals surface area contributed by atoms with Crippen molar-refractivity contribution >= 4 is 33.5 Å². The van der Waals surface area contributed by atoms with E-state index in [-0.39, 0.29) is 0 Å². The van der Waals surface area contributed by atoms with Crippen LogP contribution in [0.3, 0.4) is 0 Å². The van der Waals surface area contributed by atoms with Gasteiger partial charge in [0.15, 0.2) is 0 Å². The van der Waals surface area contributed by atoms with Gasteiger partial charge in [-0.05, 0) is 49.6 Å². The second kappa shape index (κ2) is 7.50. The number of hydrogen-bond acceptors (Lipinski definition) is 3. The lowest BCUT2D eigenvalue weighted by molar-refractivity contribution is 0.847. The summed E-state index contributed by atoms with van der Waals surface area (Å²) in [6.07, 6.45) is 1.87. The van der Waals surface area contributed by atoms with Crippen LogP contribution in [0.2, 0.25) is 0 Å². The standard InChI is InChI=1S/C20H20BrN3S/c1-13-9-15(3)17(10-14(13)2)19-12-25-20(22-4)24(19)23-11-16-7-5-6-8-18(16)21/h5-12H,1-4H3. The van der Waals surface area contributed by atoms with E-state index in [0.717, 1.165) is 20.5 Å². The number of aromatic nitrogens is 1. The van der Waals surface area contributed by atoms with Gasteiger partial charge in [-0.15, -0.1) is 11.3 Å². The topological polar surface area (TPSA) is 29.6 Å². The number of rotatable bonds is 3. The number of benzene rings is 2. The zero-order chi connectivity index (χ0) is 18.0. The molecule has 128 valence electrons. The first kappa shape index (κ1) is 17.8. The Morgan fingerprint density at radius 2 is 1.76 bits per heavy atom. The van der Waals surface area contributed by atoms with Gasteiger partial charge in [0.2, 0.25) is 4.80 Å². The lowest BCUT2D eigenvalue weighted by atomic mass is 9.99. The van der Waals surface area contributed by atoms with Crippen LogP contribution in [0.15, 0.2) is 56.3 Å². The van der Waals surface area contributed by atoms with Crippen molar-refractivity contribution in [2.24, 2.45) is 10.1 Å². The third kappa shape index (κ3) is 3.67. The van der Waals surface area contributed by atoms with Crippen molar-refractivity contribution in [2.45, 2.75) is 20.8 Å². The van der Waals surface area contributed by atoms with Gasteiger partial charge in [0.25, 0.3) is 0 Å². The molecule has 1 heterocycles. The van der Waals surface area contributed by atoms with Crippen molar-refractivity contribution in [3.05, 3.63) is 73.3 Å². The highest BCUT2D eigenvalue weighted by atomic mass is 79.9. The lowest BCUT2D eigenvalue weighted by Gasteiger charge is -2.10. The Labute approximate surface area is 160 Å². The number of nitrogens with zero attached hydrogens (tertiary/aromatic N) is 3. The summed E-state index contributed by atoms with van der Waals surface area (Å²) in [6.45, 7) is 6.43. The Morgan fingerprint density at radius 3 is 2.48 bits per heavy atom. The summed E-state index contributed by atoms with van der Waals surface area (Å²) in [5.74, 6) is 0. The van der Waals surface area contributed by atoms with Crippen LogP contribution in [0.1, 0.15) is 22.3 Å². The van der Waals surface area contributed by atoms with Crippen molar-refractivity contribution in [3.63, 3.8) is 0 Å². The Bertz CT molecular complexity index is 1010. The first-order chi connectivity index (χ1) is 12.0. The third-order valence-corrected chi connectivity index (χ3v) is 5.84. The van der Waals surface area contributed by atoms with Gasteiger partial charge in [-0.2, -0.15) is 5.10 Å². The molecule has 3 rings (SSSR count). The number of halogens is 1. The summed E-state index contributed by atoms with van der Waals surface area (Å²) in [7, 11) is 1.80. The fourth-order valence-electron chi connectivity index (χ4n) is 2.68. The fourth-order valence-corrected chi connectivity index (χ4v) is 3.87. The molecule has 0 saturated heterocycles. The van der Waals surface area contributed by atoms with E-state index in [1.165, 1.54) is 22.3 Å². The van der Waals surface area contributed by atoms with E-state index in [1.54, 1.807) is 18.4 Å². The van der Waals surface area contributed by atoms with Crippen molar-refractivity contribution in [1.29, 1.82) is 0 Å². The largest absolute Gasteiger partial charge is 0.261 e. The Kier molecular flexibility index (Phi) is 5.35. The molecule has 3 aromatic rings. The smallest absolute Gasteiger partial charge is 0.205 e. The predicted octanol–water partition coefficient (Wildman–Crippen LogP) is 5.32. The van der Waals surface area contributed by atoms with E-state index in [9.17, 15) is 0 Å². The van der Waals surface area contributed by atoms with Gasteiger partial charge in [0, 0.05) is 28.0 Å². The molecule has 0 bridgehead atoms. The molecule has 5 heteroatoms. The highest BCUT2D eigenvalue weighted by Crippen LogP contribution is 2.27. The van der Waals surface area contributed by atoms with Gasteiger partial charge in [0.1, 0.15) is 0 Å². The summed E-state index contributed by atoms with van der Waals surface area (Å²) >= 11 is 5.17. The summed E-state index contributed by atoms with van der Waals surface area (Å²) in [6, 6.07) is 12.5. The molecule has 0 unspecified atom stereocenters. The summed E-state index contributed by atoms with van der Waals surface area (Å²) in [5, 5.41) is 6.84. The molecule has 0 spiro atoms. The van der Waals surface area contributed by atoms with Crippen LogP contribution in [-0.4, -0.2) is 17.9 Å². The van der Waals surface area contributed by atoms with E-state index >= 15 is 0 Å². The van der Waals surface area contributed by atoms with E-state index in [4.69, 9.17) is 5.10 Å². The molecule has 3 nitrogen and oxygen atoms in total. The first-order valence-electron chi connectivity index (χ1n) is 8.01. The van der Waals surface area contributed by atoms with Crippen molar-refractivity contribution in [3.8, 4) is 11.3 Å². The highest BCUT2D eigenvalue weighted by Gasteiger charge is 2.11. The van der Waals surface area contributed by atoms with Crippen LogP contribution in [-0.2, 0) is 0 Å². The number of thiazole rings is 1. The molecule has 1 aromatic heterocycles. The van der Waals surface area contributed by atoms with Crippen LogP contribution < -0.4 is 4.80 Å². The van der Waals surface area contributed by atoms with Gasteiger partial charge in [-0.25, -0.2) is 4.68 Å². The molecule has 2 aromatic carbocycles. The Balaban J connectivity index is 2.14. The van der Waals surface area contributed by atoms with E-state index in [1.807, 2.05) is 35.2 Å². The minimum absolute atomic E-state index is 0.871. The predicted molar refractivity (Wildman–Crippen MR) is 111 cm³/mol. The fraction of sp³-hybridized carbons (Fsp3) is 0.200. The zero-order valence-electron chi connectivity index (χ0n) is 14.7. The van der Waals surface area contributed by atoms with Crippen LogP contribution in [0.25, 0.3) is 11.3 Å². The second-order valence-electron chi connectivity index (χ2n) is 5.96. The van der Waals surface area contributed by atoms with Gasteiger partial charge < -0.3 is 0 Å². The molecule has 0 aliphatic rings. The summed E-state index contributed by atoms with van der Waals surface area (Å²) in [4.78, 5) is 5.25. The summed E-state index contributed by atoms with van der Waals surface area (Å²) in [5.41, 5.74) is 7.12. The first-order valence-corrected chi connectivity index (χ1v) is 9.69. The van der Waals surface area contributed by atoms with Crippen LogP contribution in [0.4, 0.5) is 0 Å². The molecule has 0 radical (unpaired) electrons. The van der Waals surface area contributed by atoms with Crippen molar-refractivity contribution < 1.29 is 0 Å². The Morgan fingerprint density at radius 1 is 1.04 bits per heavy atom. The normalized spacial score (nSPS) is 12.3. The average molecular weight is 414 g/mol. The molecule has 0 N–H and O–H groups in total. The average Bonchev–Trinajstić information content (AvgIpc) is 3.00. The Hall–Kier alpha value is -1.98. The number of aryl methyl sites for hydroxylation is 3. The van der Waals surface area contributed by atoms with E-state index in [0.29, 0.717) is 0 Å². The highest BCUT2D eigenvalue weighted by molar-refractivity contribution is 9.10. The maximum absolute atomic E-state index is 4.72.